The lowest BCUT2D eigenvalue weighted by Gasteiger charge is -2.18. The van der Waals surface area contributed by atoms with Crippen LogP contribution < -0.4 is 0 Å². The summed E-state index contributed by atoms with van der Waals surface area (Å²) in [5.74, 6) is -1.09. The van der Waals surface area contributed by atoms with E-state index in [4.69, 9.17) is 14.2 Å². The lowest BCUT2D eigenvalue weighted by atomic mass is 10.1. The van der Waals surface area contributed by atoms with Gasteiger partial charge in [-0.2, -0.15) is 0 Å². The molecule has 0 saturated heterocycles. The molecule has 6 heteroatoms. The molecular weight excluding hydrogens is 853 g/mol. The van der Waals surface area contributed by atoms with Crippen molar-refractivity contribution in [2.24, 2.45) is 0 Å². The fourth-order valence-electron chi connectivity index (χ4n) is 6.84. The maximum atomic E-state index is 12.8. The SMILES string of the molecule is CC\C=C/C=C\C=C/CCCCCCCCCC(=O)OCC(COC(=O)CC/C=C\C/C=C\C/C=C\C/C=C\C/C=C\C/C=C\CC)OC(=O)CCC/C=C\C/C=C\C/C=C\CCCCCCCC. The van der Waals surface area contributed by atoms with Crippen LogP contribution in [-0.4, -0.2) is 37.2 Å². The number of allylic oxidation sites excluding steroid dienone is 24. The van der Waals surface area contributed by atoms with Gasteiger partial charge < -0.3 is 14.2 Å². The fourth-order valence-corrected chi connectivity index (χ4v) is 6.84. The van der Waals surface area contributed by atoms with Gasteiger partial charge in [0.1, 0.15) is 13.2 Å². The van der Waals surface area contributed by atoms with E-state index in [0.29, 0.717) is 19.3 Å². The average molecular weight is 951 g/mol. The molecule has 0 rings (SSSR count). The summed E-state index contributed by atoms with van der Waals surface area (Å²) in [4.78, 5) is 38.0. The van der Waals surface area contributed by atoms with E-state index in [2.05, 4.69) is 154 Å². The van der Waals surface area contributed by atoms with Crippen LogP contribution in [0, 0.1) is 0 Å². The minimum absolute atomic E-state index is 0.134. The third kappa shape index (κ3) is 54.1. The Morgan fingerprint density at radius 3 is 1.17 bits per heavy atom. The molecule has 0 amide bonds. The molecule has 0 heterocycles. The summed E-state index contributed by atoms with van der Waals surface area (Å²) in [5, 5.41) is 0. The van der Waals surface area contributed by atoms with Crippen molar-refractivity contribution in [2.45, 2.75) is 219 Å². The Hall–Kier alpha value is -4.71. The number of carbonyl (C=O) groups is 3. The quantitative estimate of drug-likeness (QED) is 0.0199. The fraction of sp³-hybridized carbons (Fsp3) is 0.571. The van der Waals surface area contributed by atoms with Crippen LogP contribution in [0.3, 0.4) is 0 Å². The monoisotopic (exact) mass is 951 g/mol. The van der Waals surface area contributed by atoms with Crippen LogP contribution in [0.1, 0.15) is 213 Å². The van der Waals surface area contributed by atoms with E-state index in [9.17, 15) is 14.4 Å². The third-order valence-electron chi connectivity index (χ3n) is 10.9. The molecule has 0 bridgehead atoms. The highest BCUT2D eigenvalue weighted by atomic mass is 16.6. The summed E-state index contributed by atoms with van der Waals surface area (Å²) in [5.41, 5.74) is 0. The van der Waals surface area contributed by atoms with Crippen LogP contribution >= 0.6 is 0 Å². The second-order valence-electron chi connectivity index (χ2n) is 17.4. The molecule has 1 unspecified atom stereocenters. The molecule has 0 aromatic heterocycles. The van der Waals surface area contributed by atoms with Crippen LogP contribution in [0.4, 0.5) is 0 Å². The molecule has 6 nitrogen and oxygen atoms in total. The first-order valence-electron chi connectivity index (χ1n) is 27.4. The minimum Gasteiger partial charge on any atom is -0.462 e. The number of hydrogen-bond donors (Lipinski definition) is 0. The third-order valence-corrected chi connectivity index (χ3v) is 10.9. The smallest absolute Gasteiger partial charge is 0.306 e. The molecule has 0 N–H and O–H groups in total. The summed E-state index contributed by atoms with van der Waals surface area (Å²) in [6.07, 6.45) is 79.9. The first kappa shape index (κ1) is 64.3. The van der Waals surface area contributed by atoms with Gasteiger partial charge in [0.2, 0.25) is 0 Å². The summed E-state index contributed by atoms with van der Waals surface area (Å²) in [6, 6.07) is 0. The highest BCUT2D eigenvalue weighted by Crippen LogP contribution is 2.12. The molecule has 0 spiro atoms. The van der Waals surface area contributed by atoms with Gasteiger partial charge in [0.05, 0.1) is 0 Å². The van der Waals surface area contributed by atoms with Crippen molar-refractivity contribution in [1.82, 2.24) is 0 Å². The van der Waals surface area contributed by atoms with E-state index in [-0.39, 0.29) is 44.0 Å². The lowest BCUT2D eigenvalue weighted by Crippen LogP contribution is -2.30. The van der Waals surface area contributed by atoms with Gasteiger partial charge in [-0.15, -0.1) is 0 Å². The molecule has 69 heavy (non-hydrogen) atoms. The topological polar surface area (TPSA) is 78.9 Å². The van der Waals surface area contributed by atoms with Crippen molar-refractivity contribution in [3.05, 3.63) is 146 Å². The molecule has 0 aliphatic rings. The van der Waals surface area contributed by atoms with Gasteiger partial charge >= 0.3 is 17.9 Å². The largest absolute Gasteiger partial charge is 0.462 e. The van der Waals surface area contributed by atoms with Gasteiger partial charge in [-0.1, -0.05) is 231 Å². The maximum Gasteiger partial charge on any atom is 0.306 e. The van der Waals surface area contributed by atoms with E-state index < -0.39 is 6.10 Å². The summed E-state index contributed by atoms with van der Waals surface area (Å²) in [7, 11) is 0. The highest BCUT2D eigenvalue weighted by molar-refractivity contribution is 5.71. The van der Waals surface area contributed by atoms with Gasteiger partial charge in [-0.05, 0) is 109 Å². The van der Waals surface area contributed by atoms with Gasteiger partial charge in [-0.25, -0.2) is 0 Å². The van der Waals surface area contributed by atoms with Gasteiger partial charge in [0.15, 0.2) is 6.10 Å². The number of esters is 3. The van der Waals surface area contributed by atoms with Gasteiger partial charge in [0.25, 0.3) is 0 Å². The van der Waals surface area contributed by atoms with Crippen molar-refractivity contribution in [3.63, 3.8) is 0 Å². The number of carbonyl (C=O) groups excluding carboxylic acids is 3. The Balaban J connectivity index is 4.62. The second-order valence-corrected chi connectivity index (χ2v) is 17.4. The predicted molar refractivity (Wildman–Crippen MR) is 297 cm³/mol. The molecule has 0 saturated carbocycles. The zero-order chi connectivity index (χ0) is 50.0. The van der Waals surface area contributed by atoms with Crippen molar-refractivity contribution in [2.75, 3.05) is 13.2 Å². The van der Waals surface area contributed by atoms with Crippen molar-refractivity contribution >= 4 is 17.9 Å². The van der Waals surface area contributed by atoms with Crippen molar-refractivity contribution < 1.29 is 28.6 Å². The molecule has 1 atom stereocenters. The Kier molecular flexibility index (Phi) is 52.1. The highest BCUT2D eigenvalue weighted by Gasteiger charge is 2.19. The van der Waals surface area contributed by atoms with Crippen LogP contribution in [0.5, 0.6) is 0 Å². The van der Waals surface area contributed by atoms with Crippen LogP contribution in [-0.2, 0) is 28.6 Å². The maximum absolute atomic E-state index is 12.8. The van der Waals surface area contributed by atoms with Crippen LogP contribution in [0.15, 0.2) is 146 Å². The number of hydrogen-bond acceptors (Lipinski definition) is 6. The first-order chi connectivity index (χ1) is 34.0. The van der Waals surface area contributed by atoms with Gasteiger partial charge in [-0.3, -0.25) is 14.4 Å². The normalized spacial score (nSPS) is 13.3. The summed E-state index contributed by atoms with van der Waals surface area (Å²) >= 11 is 0. The molecule has 0 aliphatic heterocycles. The molecular formula is C63H98O6. The van der Waals surface area contributed by atoms with Crippen molar-refractivity contribution in [1.29, 1.82) is 0 Å². The molecule has 0 aromatic rings. The number of unbranched alkanes of at least 4 members (excludes halogenated alkanes) is 14. The predicted octanol–water partition coefficient (Wildman–Crippen LogP) is 18.4. The first-order valence-corrected chi connectivity index (χ1v) is 27.4. The molecule has 0 fully saturated rings. The summed E-state index contributed by atoms with van der Waals surface area (Å²) < 4.78 is 16.7. The van der Waals surface area contributed by atoms with E-state index in [1.165, 1.54) is 64.2 Å². The number of rotatable bonds is 47. The number of ether oxygens (including phenoxy) is 3. The Labute approximate surface area is 423 Å². The Morgan fingerprint density at radius 2 is 0.681 bits per heavy atom. The summed E-state index contributed by atoms with van der Waals surface area (Å²) in [6.45, 7) is 6.25. The van der Waals surface area contributed by atoms with E-state index in [0.717, 1.165) is 96.3 Å². The zero-order valence-electron chi connectivity index (χ0n) is 44.0. The van der Waals surface area contributed by atoms with Crippen LogP contribution in [0.2, 0.25) is 0 Å². The lowest BCUT2D eigenvalue weighted by molar-refractivity contribution is -0.166. The minimum atomic E-state index is -0.847. The second kappa shape index (κ2) is 55.9. The van der Waals surface area contributed by atoms with Crippen LogP contribution in [0.25, 0.3) is 0 Å². The van der Waals surface area contributed by atoms with E-state index in [1.807, 2.05) is 12.2 Å². The standard InChI is InChI=1S/C63H98O6/c1-4-7-10-13-16-19-22-25-28-30-31-33-35-38-41-44-47-50-53-56-62(65)68-59-60(58-67-61(64)55-52-49-46-43-40-37-34-27-24-21-18-15-12-9-6-3)69-63(66)57-54-51-48-45-42-39-36-32-29-26-23-20-17-14-11-8-5-2/h7,9-10,12,15-16,18-19,21,24-26,28-29,31,33,36,38-39,41,45,47-48,50,60H,4-6,8,11,13-14,17,20,22-23,27,30,32,34-35,37,40,42-44,46,49,51-59H2,1-3H3/b10-7-,12-9-,18-15-,19-16-,24-21-,28-25-,29-26-,33-31-,39-36-,41-38-,48-45-,50-47-. The van der Waals surface area contributed by atoms with E-state index >= 15 is 0 Å². The molecule has 386 valence electrons. The van der Waals surface area contributed by atoms with Gasteiger partial charge in [0, 0.05) is 19.3 Å². The van der Waals surface area contributed by atoms with E-state index in [1.54, 1.807) is 0 Å². The average Bonchev–Trinajstić information content (AvgIpc) is 3.35. The molecule has 0 aromatic carbocycles. The van der Waals surface area contributed by atoms with Crippen molar-refractivity contribution in [3.8, 4) is 0 Å². The zero-order valence-corrected chi connectivity index (χ0v) is 44.0. The Bertz CT molecular complexity index is 1560. The Morgan fingerprint density at radius 1 is 0.319 bits per heavy atom. The molecule has 0 radical (unpaired) electrons. The molecule has 0 aliphatic carbocycles.